The van der Waals surface area contributed by atoms with Gasteiger partial charge in [-0.15, -0.1) is 5.54 Å². The van der Waals surface area contributed by atoms with Crippen LogP contribution in [0.3, 0.4) is 0 Å². The highest BCUT2D eigenvalue weighted by molar-refractivity contribution is 6.83. The lowest BCUT2D eigenvalue weighted by Crippen LogP contribution is -2.16. The molecule has 0 saturated carbocycles. The number of nitrogen functional groups attached to an aromatic ring is 1. The summed E-state index contributed by atoms with van der Waals surface area (Å²) in [6.07, 6.45) is 0. The average Bonchev–Trinajstić information content (AvgIpc) is 2.07. The second-order valence-electron chi connectivity index (χ2n) is 4.35. The quantitative estimate of drug-likeness (QED) is 0.427. The number of benzene rings is 1. The Balaban J connectivity index is 3.20. The molecule has 0 saturated heterocycles. The van der Waals surface area contributed by atoms with E-state index in [2.05, 4.69) is 31.1 Å². The van der Waals surface area contributed by atoms with Gasteiger partial charge in [-0.25, -0.2) is 0 Å². The van der Waals surface area contributed by atoms with Crippen molar-refractivity contribution in [2.75, 3.05) is 5.73 Å². The van der Waals surface area contributed by atoms with Crippen LogP contribution in [-0.2, 0) is 0 Å². The Morgan fingerprint density at radius 2 is 1.80 bits per heavy atom. The molecule has 0 bridgehead atoms. The number of anilines is 1. The van der Waals surface area contributed by atoms with Gasteiger partial charge in [-0.1, -0.05) is 48.8 Å². The lowest BCUT2D eigenvalue weighted by Gasteiger charge is -2.05. The van der Waals surface area contributed by atoms with E-state index in [1.54, 1.807) is 12.1 Å². The number of hydrogen-bond acceptors (Lipinski definition) is 1. The highest BCUT2D eigenvalue weighted by atomic mass is 35.5. The van der Waals surface area contributed by atoms with Crippen LogP contribution in [0.5, 0.6) is 0 Å². The van der Waals surface area contributed by atoms with E-state index in [9.17, 15) is 0 Å². The van der Waals surface area contributed by atoms with Gasteiger partial charge >= 0.3 is 0 Å². The Morgan fingerprint density at radius 3 is 2.33 bits per heavy atom. The molecule has 1 nitrogen and oxygen atoms in total. The van der Waals surface area contributed by atoms with Gasteiger partial charge in [0.15, 0.2) is 0 Å². The summed E-state index contributed by atoms with van der Waals surface area (Å²) in [6, 6.07) is 3.37. The highest BCUT2D eigenvalue weighted by Gasteiger charge is 2.09. The number of nitrogens with two attached hydrogens (primary N) is 1. The molecule has 80 valence electrons. The Hall–Kier alpha value is -0.623. The maximum Gasteiger partial charge on any atom is 0.129 e. The third-order valence-corrected chi connectivity index (χ3v) is 3.07. The molecule has 0 aliphatic carbocycles. The first-order valence-electron chi connectivity index (χ1n) is 4.57. The summed E-state index contributed by atoms with van der Waals surface area (Å²) < 4.78 is 0. The second kappa shape index (κ2) is 4.48. The smallest absolute Gasteiger partial charge is 0.129 e. The van der Waals surface area contributed by atoms with Crippen LogP contribution in [0.2, 0.25) is 29.7 Å². The first-order valence-corrected chi connectivity index (χ1v) is 8.83. The minimum absolute atomic E-state index is 0.461. The van der Waals surface area contributed by atoms with Gasteiger partial charge in [0.1, 0.15) is 8.07 Å². The van der Waals surface area contributed by atoms with Crippen molar-refractivity contribution in [2.24, 2.45) is 0 Å². The molecule has 15 heavy (non-hydrogen) atoms. The van der Waals surface area contributed by atoms with E-state index in [4.69, 9.17) is 28.9 Å². The molecule has 4 heteroatoms. The summed E-state index contributed by atoms with van der Waals surface area (Å²) in [7, 11) is -1.40. The van der Waals surface area contributed by atoms with Crippen LogP contribution in [0, 0.1) is 11.5 Å². The number of rotatable bonds is 0. The second-order valence-corrected chi connectivity index (χ2v) is 9.94. The van der Waals surface area contributed by atoms with Crippen LogP contribution in [0.25, 0.3) is 0 Å². The predicted molar refractivity (Wildman–Crippen MR) is 71.1 cm³/mol. The van der Waals surface area contributed by atoms with Crippen molar-refractivity contribution in [1.29, 1.82) is 0 Å². The van der Waals surface area contributed by atoms with E-state index in [-0.39, 0.29) is 0 Å². The van der Waals surface area contributed by atoms with E-state index < -0.39 is 8.07 Å². The van der Waals surface area contributed by atoms with E-state index in [0.29, 0.717) is 15.7 Å². The normalized spacial score (nSPS) is 10.7. The predicted octanol–water partition coefficient (Wildman–Crippen LogP) is 3.80. The van der Waals surface area contributed by atoms with Crippen molar-refractivity contribution in [2.45, 2.75) is 19.6 Å². The maximum atomic E-state index is 5.90. The van der Waals surface area contributed by atoms with E-state index in [0.717, 1.165) is 5.56 Å². The molecule has 0 aromatic heterocycles. The summed E-state index contributed by atoms with van der Waals surface area (Å²) in [4.78, 5) is 0. The number of halogens is 2. The Kier molecular flexibility index (Phi) is 3.72. The van der Waals surface area contributed by atoms with Gasteiger partial charge in [0, 0.05) is 10.6 Å². The van der Waals surface area contributed by atoms with Crippen molar-refractivity contribution < 1.29 is 0 Å². The summed E-state index contributed by atoms with van der Waals surface area (Å²) in [6.45, 7) is 6.51. The van der Waals surface area contributed by atoms with Crippen molar-refractivity contribution in [3.05, 3.63) is 27.7 Å². The topological polar surface area (TPSA) is 26.0 Å². The van der Waals surface area contributed by atoms with Gasteiger partial charge in [-0.2, -0.15) is 0 Å². The molecule has 1 aromatic carbocycles. The summed E-state index contributed by atoms with van der Waals surface area (Å²) in [5.74, 6) is 3.05. The molecule has 0 atom stereocenters. The third-order valence-electron chi connectivity index (χ3n) is 1.67. The molecule has 0 spiro atoms. The fraction of sp³-hybridized carbons (Fsp3) is 0.273. The van der Waals surface area contributed by atoms with Crippen LogP contribution in [0.15, 0.2) is 12.1 Å². The molecule has 0 unspecified atom stereocenters. The summed E-state index contributed by atoms with van der Waals surface area (Å²) >= 11 is 11.8. The van der Waals surface area contributed by atoms with Crippen LogP contribution in [-0.4, -0.2) is 8.07 Å². The number of hydrogen-bond donors (Lipinski definition) is 1. The first-order chi connectivity index (χ1) is 6.79. The van der Waals surface area contributed by atoms with Gasteiger partial charge in [-0.3, -0.25) is 0 Å². The molecule has 0 heterocycles. The molecule has 0 fully saturated rings. The monoisotopic (exact) mass is 257 g/mol. The lowest BCUT2D eigenvalue weighted by atomic mass is 10.2. The largest absolute Gasteiger partial charge is 0.397 e. The van der Waals surface area contributed by atoms with Crippen molar-refractivity contribution in [1.82, 2.24) is 0 Å². The van der Waals surface area contributed by atoms with Crippen LogP contribution < -0.4 is 5.73 Å². The summed E-state index contributed by atoms with van der Waals surface area (Å²) in [5.41, 5.74) is 10.3. The van der Waals surface area contributed by atoms with E-state index in [1.807, 2.05) is 0 Å². The fourth-order valence-electron chi connectivity index (χ4n) is 0.943. The molecule has 0 aliphatic heterocycles. The Morgan fingerprint density at radius 1 is 1.20 bits per heavy atom. The van der Waals surface area contributed by atoms with Gasteiger partial charge in [-0.05, 0) is 12.1 Å². The van der Waals surface area contributed by atoms with Crippen LogP contribution in [0.4, 0.5) is 5.69 Å². The third kappa shape index (κ3) is 3.79. The molecule has 2 N–H and O–H groups in total. The zero-order valence-electron chi connectivity index (χ0n) is 8.99. The standard InChI is InChI=1S/C11H13Cl2NSi/c1-15(2,3)5-4-8-6-9(12)7-10(13)11(8)14/h6-7H,14H2,1-3H3. The molecule has 1 aromatic rings. The lowest BCUT2D eigenvalue weighted by molar-refractivity contribution is 1.62. The average molecular weight is 258 g/mol. The Labute approximate surface area is 102 Å². The zero-order valence-corrected chi connectivity index (χ0v) is 11.5. The van der Waals surface area contributed by atoms with Gasteiger partial charge in [0.2, 0.25) is 0 Å². The SMILES string of the molecule is C[Si](C)(C)C#Cc1cc(Cl)cc(Cl)c1N. The molecule has 0 aliphatic rings. The fourth-order valence-corrected chi connectivity index (χ4v) is 1.95. The molecule has 0 radical (unpaired) electrons. The van der Waals surface area contributed by atoms with Crippen molar-refractivity contribution in [3.8, 4) is 11.5 Å². The van der Waals surface area contributed by atoms with Gasteiger partial charge < -0.3 is 5.73 Å². The first kappa shape index (κ1) is 12.4. The van der Waals surface area contributed by atoms with E-state index >= 15 is 0 Å². The minimum atomic E-state index is -1.40. The molecular weight excluding hydrogens is 245 g/mol. The maximum absolute atomic E-state index is 5.90. The summed E-state index contributed by atoms with van der Waals surface area (Å²) in [5, 5.41) is 1.02. The Bertz CT molecular complexity index is 438. The van der Waals surface area contributed by atoms with Gasteiger partial charge in [0.25, 0.3) is 0 Å². The molecule has 1 rings (SSSR count). The van der Waals surface area contributed by atoms with Crippen LogP contribution >= 0.6 is 23.2 Å². The minimum Gasteiger partial charge on any atom is -0.397 e. The zero-order chi connectivity index (χ0) is 11.6. The van der Waals surface area contributed by atoms with Crippen LogP contribution in [0.1, 0.15) is 5.56 Å². The molecular formula is C11H13Cl2NSi. The van der Waals surface area contributed by atoms with E-state index in [1.165, 1.54) is 0 Å². The van der Waals surface area contributed by atoms with Crippen molar-refractivity contribution >= 4 is 37.0 Å². The van der Waals surface area contributed by atoms with Crippen molar-refractivity contribution in [3.63, 3.8) is 0 Å². The highest BCUT2D eigenvalue weighted by Crippen LogP contribution is 2.26. The van der Waals surface area contributed by atoms with Gasteiger partial charge in [0.05, 0.1) is 10.7 Å². The molecule has 0 amide bonds.